The van der Waals surface area contributed by atoms with Crippen LogP contribution < -0.4 is 9.62 Å². The third kappa shape index (κ3) is 3.03. The third-order valence-electron chi connectivity index (χ3n) is 3.61. The molecule has 1 aliphatic rings. The molecule has 6 nitrogen and oxygen atoms in total. The van der Waals surface area contributed by atoms with Crippen molar-refractivity contribution in [3.8, 4) is 0 Å². The van der Waals surface area contributed by atoms with Crippen LogP contribution in [-0.4, -0.2) is 51.7 Å². The summed E-state index contributed by atoms with van der Waals surface area (Å²) in [5.41, 5.74) is 1.57. The molecule has 1 aromatic carbocycles. The lowest BCUT2D eigenvalue weighted by Gasteiger charge is -2.28. The molecule has 1 unspecified atom stereocenters. The van der Waals surface area contributed by atoms with Crippen LogP contribution in [0.4, 0.5) is 5.69 Å². The summed E-state index contributed by atoms with van der Waals surface area (Å²) in [4.78, 5) is 13.3. The van der Waals surface area contributed by atoms with E-state index in [1.54, 1.807) is 20.2 Å². The van der Waals surface area contributed by atoms with E-state index < -0.39 is 21.2 Å². The van der Waals surface area contributed by atoms with Crippen LogP contribution in [0.25, 0.3) is 0 Å². The van der Waals surface area contributed by atoms with Gasteiger partial charge in [0.1, 0.15) is 0 Å². The van der Waals surface area contributed by atoms with E-state index in [-0.39, 0.29) is 0 Å². The van der Waals surface area contributed by atoms with Crippen LogP contribution in [0.5, 0.6) is 0 Å². The second-order valence-electron chi connectivity index (χ2n) is 5.30. The Labute approximate surface area is 125 Å². The number of hydrogen-bond donors (Lipinski definition) is 1. The van der Waals surface area contributed by atoms with Crippen molar-refractivity contribution < 1.29 is 13.2 Å². The number of carbonyl (C=O) groups excluding carboxylic acids is 1. The number of hydrogen-bond acceptors (Lipinski definition) is 4. The summed E-state index contributed by atoms with van der Waals surface area (Å²) < 4.78 is 27.0. The Bertz CT molecular complexity index is 628. The summed E-state index contributed by atoms with van der Waals surface area (Å²) >= 11 is 0. The zero-order valence-corrected chi connectivity index (χ0v) is 13.4. The van der Waals surface area contributed by atoms with Crippen LogP contribution in [-0.2, 0) is 21.4 Å². The number of rotatable bonds is 3. The fourth-order valence-electron chi connectivity index (χ4n) is 2.37. The maximum atomic E-state index is 12.8. The van der Waals surface area contributed by atoms with E-state index in [0.717, 1.165) is 5.56 Å². The number of amides is 1. The smallest absolute Gasteiger partial charge is 0.246 e. The number of nitrogens with zero attached hydrogens (tertiary/aromatic N) is 2. The number of carbonyl (C=O) groups is 1. The minimum absolute atomic E-state index is 0.324. The van der Waals surface area contributed by atoms with E-state index in [1.807, 2.05) is 18.2 Å². The molecule has 0 aromatic heterocycles. The molecule has 0 spiro atoms. The summed E-state index contributed by atoms with van der Waals surface area (Å²) in [5.74, 6) is -0.412. The monoisotopic (exact) mass is 311 g/mol. The first-order valence-electron chi connectivity index (χ1n) is 6.87. The average Bonchev–Trinajstić information content (AvgIpc) is 2.68. The summed E-state index contributed by atoms with van der Waals surface area (Å²) in [5, 5.41) is 2.10. The number of para-hydroxylation sites is 1. The number of sulfonamides is 1. The topological polar surface area (TPSA) is 69.7 Å². The highest BCUT2D eigenvalue weighted by atomic mass is 32.2. The van der Waals surface area contributed by atoms with Crippen LogP contribution in [0.15, 0.2) is 24.3 Å². The molecule has 2 rings (SSSR count). The lowest BCUT2D eigenvalue weighted by Crippen LogP contribution is -2.46. The van der Waals surface area contributed by atoms with Crippen molar-refractivity contribution in [1.29, 1.82) is 0 Å². The van der Waals surface area contributed by atoms with Crippen molar-refractivity contribution in [2.75, 3.05) is 31.5 Å². The van der Waals surface area contributed by atoms with E-state index in [0.29, 0.717) is 25.3 Å². The summed E-state index contributed by atoms with van der Waals surface area (Å²) in [6.45, 7) is 2.94. The molecule has 116 valence electrons. The molecule has 7 heteroatoms. The lowest BCUT2D eigenvalue weighted by atomic mass is 10.2. The summed E-state index contributed by atoms with van der Waals surface area (Å²) in [7, 11) is -0.617. The molecule has 1 aromatic rings. The Morgan fingerprint density at radius 3 is 2.67 bits per heavy atom. The first-order chi connectivity index (χ1) is 9.85. The van der Waals surface area contributed by atoms with Crippen molar-refractivity contribution in [3.63, 3.8) is 0 Å². The van der Waals surface area contributed by atoms with Gasteiger partial charge in [-0.25, -0.2) is 8.42 Å². The predicted octanol–water partition coefficient (Wildman–Crippen LogP) is 0.403. The molecule has 0 bridgehead atoms. The van der Waals surface area contributed by atoms with Gasteiger partial charge < -0.3 is 10.2 Å². The average molecular weight is 311 g/mol. The van der Waals surface area contributed by atoms with Gasteiger partial charge in [0.2, 0.25) is 15.9 Å². The first kappa shape index (κ1) is 15.8. The molecule has 1 aliphatic heterocycles. The molecule has 0 fully saturated rings. The van der Waals surface area contributed by atoms with Gasteiger partial charge in [0.25, 0.3) is 0 Å². The zero-order chi connectivity index (χ0) is 15.6. The quantitative estimate of drug-likeness (QED) is 0.877. The molecule has 0 radical (unpaired) electrons. The number of nitrogens with one attached hydrogen (secondary N) is 1. The van der Waals surface area contributed by atoms with Gasteiger partial charge in [-0.05, 0) is 18.6 Å². The number of fused-ring (bicyclic) bond motifs is 1. The van der Waals surface area contributed by atoms with Gasteiger partial charge in [-0.1, -0.05) is 18.2 Å². The standard InChI is InChI=1S/C14H21N3O3S/c1-11(14(18)16(2)3)21(19,20)17-9-8-15-10-12-6-4-5-7-13(12)17/h4-7,11,15H,8-10H2,1-3H3. The molecule has 1 atom stereocenters. The molecular formula is C14H21N3O3S. The van der Waals surface area contributed by atoms with Gasteiger partial charge in [0.05, 0.1) is 5.69 Å². The summed E-state index contributed by atoms with van der Waals surface area (Å²) in [6, 6.07) is 7.37. The fourth-order valence-corrected chi connectivity index (χ4v) is 4.02. The Hall–Kier alpha value is -1.60. The van der Waals surface area contributed by atoms with Crippen LogP contribution in [0.2, 0.25) is 0 Å². The van der Waals surface area contributed by atoms with E-state index in [1.165, 1.54) is 16.1 Å². The lowest BCUT2D eigenvalue weighted by molar-refractivity contribution is -0.127. The normalized spacial score (nSPS) is 16.8. The minimum Gasteiger partial charge on any atom is -0.348 e. The van der Waals surface area contributed by atoms with Gasteiger partial charge in [0, 0.05) is 33.7 Å². The Balaban J connectivity index is 2.42. The maximum Gasteiger partial charge on any atom is 0.246 e. The van der Waals surface area contributed by atoms with Crippen LogP contribution >= 0.6 is 0 Å². The molecule has 21 heavy (non-hydrogen) atoms. The van der Waals surface area contributed by atoms with Crippen LogP contribution in [0.1, 0.15) is 12.5 Å². The zero-order valence-electron chi connectivity index (χ0n) is 12.5. The largest absolute Gasteiger partial charge is 0.348 e. The summed E-state index contributed by atoms with van der Waals surface area (Å²) in [6.07, 6.45) is 0. The maximum absolute atomic E-state index is 12.8. The first-order valence-corrected chi connectivity index (χ1v) is 8.37. The highest BCUT2D eigenvalue weighted by Gasteiger charge is 2.36. The molecule has 1 N–H and O–H groups in total. The van der Waals surface area contributed by atoms with Crippen LogP contribution in [0, 0.1) is 0 Å². The van der Waals surface area contributed by atoms with Crippen molar-refractivity contribution in [3.05, 3.63) is 29.8 Å². The molecule has 0 saturated heterocycles. The van der Waals surface area contributed by atoms with Crippen molar-refractivity contribution in [2.45, 2.75) is 18.7 Å². The molecule has 1 amide bonds. The Morgan fingerprint density at radius 1 is 1.33 bits per heavy atom. The highest BCUT2D eigenvalue weighted by molar-refractivity contribution is 7.94. The van der Waals surface area contributed by atoms with E-state index >= 15 is 0 Å². The van der Waals surface area contributed by atoms with E-state index in [9.17, 15) is 13.2 Å². The molecular weight excluding hydrogens is 290 g/mol. The highest BCUT2D eigenvalue weighted by Crippen LogP contribution is 2.26. The molecule has 0 aliphatic carbocycles. The van der Waals surface area contributed by atoms with Crippen molar-refractivity contribution in [2.24, 2.45) is 0 Å². The van der Waals surface area contributed by atoms with Gasteiger partial charge in [-0.15, -0.1) is 0 Å². The molecule has 0 saturated carbocycles. The van der Waals surface area contributed by atoms with E-state index in [2.05, 4.69) is 5.32 Å². The van der Waals surface area contributed by atoms with Crippen molar-refractivity contribution in [1.82, 2.24) is 10.2 Å². The number of benzene rings is 1. The second-order valence-corrected chi connectivity index (χ2v) is 7.48. The fraction of sp³-hybridized carbons (Fsp3) is 0.500. The van der Waals surface area contributed by atoms with Gasteiger partial charge >= 0.3 is 0 Å². The van der Waals surface area contributed by atoms with E-state index in [4.69, 9.17) is 0 Å². The predicted molar refractivity (Wildman–Crippen MR) is 82.6 cm³/mol. The minimum atomic E-state index is -3.74. The number of anilines is 1. The second kappa shape index (κ2) is 6.03. The van der Waals surface area contributed by atoms with Gasteiger partial charge in [-0.3, -0.25) is 9.10 Å². The van der Waals surface area contributed by atoms with Gasteiger partial charge in [0.15, 0.2) is 5.25 Å². The Kier molecular flexibility index (Phi) is 4.53. The third-order valence-corrected chi connectivity index (χ3v) is 5.70. The van der Waals surface area contributed by atoms with Gasteiger partial charge in [-0.2, -0.15) is 0 Å². The van der Waals surface area contributed by atoms with Crippen LogP contribution in [0.3, 0.4) is 0 Å². The van der Waals surface area contributed by atoms with Crippen molar-refractivity contribution >= 4 is 21.6 Å². The Morgan fingerprint density at radius 2 is 2.00 bits per heavy atom. The molecule has 1 heterocycles. The SMILES string of the molecule is CC(C(=O)N(C)C)S(=O)(=O)N1CCNCc2ccccc21.